The van der Waals surface area contributed by atoms with E-state index in [2.05, 4.69) is 44.0 Å². The van der Waals surface area contributed by atoms with Crippen LogP contribution in [0.2, 0.25) is 0 Å². The van der Waals surface area contributed by atoms with E-state index in [0.29, 0.717) is 6.42 Å². The summed E-state index contributed by atoms with van der Waals surface area (Å²) in [6, 6.07) is 6.33. The molecule has 1 unspecified atom stereocenters. The van der Waals surface area contributed by atoms with Crippen LogP contribution in [-0.4, -0.2) is 14.7 Å². The van der Waals surface area contributed by atoms with Crippen molar-refractivity contribution < 1.29 is 5.11 Å². The van der Waals surface area contributed by atoms with Crippen molar-refractivity contribution in [3.8, 4) is 0 Å². The lowest BCUT2D eigenvalue weighted by molar-refractivity contribution is 0.163. The van der Waals surface area contributed by atoms with Gasteiger partial charge in [0.2, 0.25) is 0 Å². The van der Waals surface area contributed by atoms with E-state index in [1.165, 1.54) is 16.7 Å². The van der Waals surface area contributed by atoms with Gasteiger partial charge in [0.15, 0.2) is 0 Å². The van der Waals surface area contributed by atoms with E-state index in [1.807, 2.05) is 10.8 Å². The first-order valence-electron chi connectivity index (χ1n) is 6.37. The van der Waals surface area contributed by atoms with Crippen molar-refractivity contribution in [2.24, 2.45) is 0 Å². The highest BCUT2D eigenvalue weighted by atomic mass is 16.3. The molecule has 0 amide bonds. The molecule has 2 rings (SSSR count). The SMILES string of the molecule is CCn1ccnc1C(O)Cc1cc(C)ccc1C. The lowest BCUT2D eigenvalue weighted by Gasteiger charge is -2.14. The zero-order chi connectivity index (χ0) is 13.1. The Kier molecular flexibility index (Phi) is 3.82. The lowest BCUT2D eigenvalue weighted by atomic mass is 10.00. The number of nitrogens with zero attached hydrogens (tertiary/aromatic N) is 2. The maximum absolute atomic E-state index is 10.3. The van der Waals surface area contributed by atoms with Crippen LogP contribution in [-0.2, 0) is 13.0 Å². The van der Waals surface area contributed by atoms with Crippen LogP contribution in [0.15, 0.2) is 30.6 Å². The molecular weight excluding hydrogens is 224 g/mol. The number of hydrogen-bond acceptors (Lipinski definition) is 2. The summed E-state index contributed by atoms with van der Waals surface area (Å²) in [5.41, 5.74) is 3.63. The Hall–Kier alpha value is -1.61. The number of rotatable bonds is 4. The standard InChI is InChI=1S/C15H20N2O/c1-4-17-8-7-16-15(17)14(18)10-13-9-11(2)5-6-12(13)3/h5-9,14,18H,4,10H2,1-3H3. The summed E-state index contributed by atoms with van der Waals surface area (Å²) >= 11 is 0. The second kappa shape index (κ2) is 5.36. The molecule has 0 saturated carbocycles. The van der Waals surface area contributed by atoms with Gasteiger partial charge in [0.1, 0.15) is 11.9 Å². The second-order valence-corrected chi connectivity index (χ2v) is 4.72. The molecule has 3 nitrogen and oxygen atoms in total. The minimum absolute atomic E-state index is 0.541. The molecule has 3 heteroatoms. The molecule has 1 heterocycles. The summed E-state index contributed by atoms with van der Waals surface area (Å²) in [7, 11) is 0. The first-order chi connectivity index (χ1) is 8.61. The minimum atomic E-state index is -0.541. The third-order valence-electron chi connectivity index (χ3n) is 3.30. The molecule has 0 radical (unpaired) electrons. The van der Waals surface area contributed by atoms with E-state index in [1.54, 1.807) is 6.20 Å². The van der Waals surface area contributed by atoms with Gasteiger partial charge in [-0.15, -0.1) is 0 Å². The smallest absolute Gasteiger partial charge is 0.137 e. The van der Waals surface area contributed by atoms with Gasteiger partial charge < -0.3 is 9.67 Å². The van der Waals surface area contributed by atoms with Gasteiger partial charge in [-0.1, -0.05) is 23.8 Å². The summed E-state index contributed by atoms with van der Waals surface area (Å²) in [4.78, 5) is 4.25. The lowest BCUT2D eigenvalue weighted by Crippen LogP contribution is -2.10. The zero-order valence-electron chi connectivity index (χ0n) is 11.2. The van der Waals surface area contributed by atoms with Crippen LogP contribution in [0.25, 0.3) is 0 Å². The number of hydrogen-bond donors (Lipinski definition) is 1. The average Bonchev–Trinajstić information content (AvgIpc) is 2.82. The van der Waals surface area contributed by atoms with E-state index in [0.717, 1.165) is 12.4 Å². The number of benzene rings is 1. The van der Waals surface area contributed by atoms with E-state index >= 15 is 0 Å². The molecule has 18 heavy (non-hydrogen) atoms. The summed E-state index contributed by atoms with van der Waals surface area (Å²) in [6.07, 6.45) is 3.72. The molecule has 0 aliphatic rings. The van der Waals surface area contributed by atoms with Crippen molar-refractivity contribution in [2.45, 2.75) is 39.8 Å². The fourth-order valence-corrected chi connectivity index (χ4v) is 2.21. The molecule has 96 valence electrons. The predicted molar refractivity (Wildman–Crippen MR) is 72.5 cm³/mol. The minimum Gasteiger partial charge on any atom is -0.385 e. The summed E-state index contributed by atoms with van der Waals surface area (Å²) in [5.74, 6) is 0.749. The second-order valence-electron chi connectivity index (χ2n) is 4.72. The maximum Gasteiger partial charge on any atom is 0.137 e. The van der Waals surface area contributed by atoms with Gasteiger partial charge in [0.05, 0.1) is 0 Å². The molecule has 0 fully saturated rings. The molecule has 0 aliphatic carbocycles. The van der Waals surface area contributed by atoms with Gasteiger partial charge in [-0.05, 0) is 31.9 Å². The monoisotopic (exact) mass is 244 g/mol. The third-order valence-corrected chi connectivity index (χ3v) is 3.30. The molecule has 1 atom stereocenters. The van der Waals surface area contributed by atoms with Crippen LogP contribution < -0.4 is 0 Å². The number of imidazole rings is 1. The Bertz CT molecular complexity index is 531. The van der Waals surface area contributed by atoms with Gasteiger partial charge in [-0.25, -0.2) is 4.98 Å². The van der Waals surface area contributed by atoms with Gasteiger partial charge in [-0.3, -0.25) is 0 Å². The Labute approximate surface area is 108 Å². The highest BCUT2D eigenvalue weighted by Gasteiger charge is 2.15. The largest absolute Gasteiger partial charge is 0.385 e. The first kappa shape index (κ1) is 12.8. The fourth-order valence-electron chi connectivity index (χ4n) is 2.21. The fraction of sp³-hybridized carbons (Fsp3) is 0.400. The Morgan fingerprint density at radius 3 is 2.83 bits per heavy atom. The first-order valence-corrected chi connectivity index (χ1v) is 6.37. The summed E-state index contributed by atoms with van der Waals surface area (Å²) in [6.45, 7) is 7.03. The predicted octanol–water partition coefficient (Wildman–Crippen LogP) is 2.80. The zero-order valence-corrected chi connectivity index (χ0v) is 11.2. The molecule has 0 aliphatic heterocycles. The van der Waals surface area contributed by atoms with Gasteiger partial charge in [0.25, 0.3) is 0 Å². The number of aryl methyl sites for hydroxylation is 3. The highest BCUT2D eigenvalue weighted by molar-refractivity contribution is 5.31. The molecule has 0 spiro atoms. The Morgan fingerprint density at radius 1 is 1.33 bits per heavy atom. The van der Waals surface area contributed by atoms with Crippen LogP contribution >= 0.6 is 0 Å². The van der Waals surface area contributed by atoms with E-state index in [9.17, 15) is 5.11 Å². The molecule has 1 aromatic carbocycles. The van der Waals surface area contributed by atoms with E-state index < -0.39 is 6.10 Å². The van der Waals surface area contributed by atoms with Crippen molar-refractivity contribution in [1.82, 2.24) is 9.55 Å². The molecule has 1 N–H and O–H groups in total. The number of aliphatic hydroxyl groups is 1. The van der Waals surface area contributed by atoms with Gasteiger partial charge in [0, 0.05) is 25.4 Å². The average molecular weight is 244 g/mol. The molecule has 0 bridgehead atoms. The van der Waals surface area contributed by atoms with Gasteiger partial charge >= 0.3 is 0 Å². The van der Waals surface area contributed by atoms with Crippen molar-refractivity contribution in [3.63, 3.8) is 0 Å². The van der Waals surface area contributed by atoms with Crippen molar-refractivity contribution in [3.05, 3.63) is 53.1 Å². The van der Waals surface area contributed by atoms with Crippen molar-refractivity contribution in [1.29, 1.82) is 0 Å². The van der Waals surface area contributed by atoms with Gasteiger partial charge in [-0.2, -0.15) is 0 Å². The van der Waals surface area contributed by atoms with Crippen LogP contribution in [0, 0.1) is 13.8 Å². The molecule has 0 saturated heterocycles. The van der Waals surface area contributed by atoms with Crippen molar-refractivity contribution >= 4 is 0 Å². The highest BCUT2D eigenvalue weighted by Crippen LogP contribution is 2.20. The summed E-state index contributed by atoms with van der Waals surface area (Å²) in [5, 5.41) is 10.3. The molecule has 1 aromatic heterocycles. The molecule has 2 aromatic rings. The van der Waals surface area contributed by atoms with Crippen LogP contribution in [0.1, 0.15) is 35.5 Å². The number of aliphatic hydroxyl groups excluding tert-OH is 1. The third kappa shape index (κ3) is 2.62. The Morgan fingerprint density at radius 2 is 2.11 bits per heavy atom. The quantitative estimate of drug-likeness (QED) is 0.898. The van der Waals surface area contributed by atoms with E-state index in [4.69, 9.17) is 0 Å². The van der Waals surface area contributed by atoms with Crippen LogP contribution in [0.3, 0.4) is 0 Å². The van der Waals surface area contributed by atoms with Crippen LogP contribution in [0.4, 0.5) is 0 Å². The van der Waals surface area contributed by atoms with Crippen molar-refractivity contribution in [2.75, 3.05) is 0 Å². The normalized spacial score (nSPS) is 12.7. The summed E-state index contributed by atoms with van der Waals surface area (Å²) < 4.78 is 1.98. The van der Waals surface area contributed by atoms with Crippen LogP contribution in [0.5, 0.6) is 0 Å². The van der Waals surface area contributed by atoms with E-state index in [-0.39, 0.29) is 0 Å². The maximum atomic E-state index is 10.3. The number of aromatic nitrogens is 2. The topological polar surface area (TPSA) is 38.0 Å². The molecular formula is C15H20N2O. The Balaban J connectivity index is 2.21.